The first-order chi connectivity index (χ1) is 8.00. The highest BCUT2D eigenvalue weighted by atomic mass is 16.2. The molecule has 0 fully saturated rings. The minimum Gasteiger partial charge on any atom is -0.363 e. The summed E-state index contributed by atoms with van der Waals surface area (Å²) in [5.41, 5.74) is 6.30. The summed E-state index contributed by atoms with van der Waals surface area (Å²) >= 11 is 0. The van der Waals surface area contributed by atoms with Gasteiger partial charge in [0, 0.05) is 22.7 Å². The number of ketones is 2. The van der Waals surface area contributed by atoms with Crippen molar-refractivity contribution in [2.24, 2.45) is 5.73 Å². The number of Topliss-reactive ketones (excluding diaryl/α,β-unsaturated/α-hetero) is 2. The third-order valence-corrected chi connectivity index (χ3v) is 2.56. The van der Waals surface area contributed by atoms with Gasteiger partial charge in [-0.2, -0.15) is 0 Å². The number of fused-ring (bicyclic) bond motifs is 1. The molecule has 5 nitrogen and oxygen atoms in total. The van der Waals surface area contributed by atoms with Crippen molar-refractivity contribution < 1.29 is 14.4 Å². The van der Waals surface area contributed by atoms with Gasteiger partial charge < -0.3 is 10.7 Å². The highest BCUT2D eigenvalue weighted by Crippen LogP contribution is 2.20. The zero-order valence-electron chi connectivity index (χ0n) is 9.11. The number of primary amides is 1. The fourth-order valence-corrected chi connectivity index (χ4v) is 1.66. The molecule has 0 spiro atoms. The van der Waals surface area contributed by atoms with Gasteiger partial charge in [0.1, 0.15) is 0 Å². The van der Waals surface area contributed by atoms with Gasteiger partial charge in [-0.05, 0) is 25.1 Å². The Morgan fingerprint density at radius 3 is 2.53 bits per heavy atom. The molecule has 0 unspecified atom stereocenters. The second-order valence-corrected chi connectivity index (χ2v) is 3.71. The number of H-pyrrole nitrogens is 1. The van der Waals surface area contributed by atoms with Crippen molar-refractivity contribution in [3.8, 4) is 0 Å². The molecule has 5 heteroatoms. The molecule has 1 aromatic heterocycles. The summed E-state index contributed by atoms with van der Waals surface area (Å²) in [7, 11) is 0. The van der Waals surface area contributed by atoms with Gasteiger partial charge in [-0.25, -0.2) is 0 Å². The predicted octanol–water partition coefficient (Wildman–Crippen LogP) is 1.04. The van der Waals surface area contributed by atoms with Crippen LogP contribution in [-0.2, 0) is 4.79 Å². The van der Waals surface area contributed by atoms with Crippen molar-refractivity contribution in [3.05, 3.63) is 35.5 Å². The lowest BCUT2D eigenvalue weighted by atomic mass is 10.0. The number of aromatic nitrogens is 1. The molecule has 0 atom stereocenters. The average molecular weight is 230 g/mol. The minimum atomic E-state index is -1.01. The topological polar surface area (TPSA) is 93.0 Å². The molecule has 3 N–H and O–H groups in total. The maximum atomic E-state index is 11.5. The van der Waals surface area contributed by atoms with E-state index in [1.54, 1.807) is 18.2 Å². The van der Waals surface area contributed by atoms with E-state index in [0.29, 0.717) is 16.5 Å². The number of amides is 1. The van der Waals surface area contributed by atoms with Gasteiger partial charge in [-0.1, -0.05) is 0 Å². The predicted molar refractivity (Wildman–Crippen MR) is 61.8 cm³/mol. The second-order valence-electron chi connectivity index (χ2n) is 3.71. The summed E-state index contributed by atoms with van der Waals surface area (Å²) in [5, 5.41) is 0.529. The van der Waals surface area contributed by atoms with Gasteiger partial charge in [0.25, 0.3) is 11.7 Å². The van der Waals surface area contributed by atoms with E-state index in [4.69, 9.17) is 5.73 Å². The molecular weight excluding hydrogens is 220 g/mol. The number of carbonyl (C=O) groups excluding carboxylic acids is 3. The van der Waals surface area contributed by atoms with Gasteiger partial charge in [-0.3, -0.25) is 14.4 Å². The summed E-state index contributed by atoms with van der Waals surface area (Å²) in [6.45, 7) is 1.43. The first kappa shape index (κ1) is 11.1. The molecule has 0 radical (unpaired) electrons. The lowest BCUT2D eigenvalue weighted by Crippen LogP contribution is -2.22. The van der Waals surface area contributed by atoms with E-state index in [-0.39, 0.29) is 11.3 Å². The van der Waals surface area contributed by atoms with Crippen LogP contribution in [0.25, 0.3) is 10.9 Å². The van der Waals surface area contributed by atoms with Crippen LogP contribution in [0.1, 0.15) is 27.6 Å². The highest BCUT2D eigenvalue weighted by Gasteiger charge is 2.17. The number of hydrogen-bond donors (Lipinski definition) is 2. The molecule has 0 aliphatic rings. The molecule has 86 valence electrons. The van der Waals surface area contributed by atoms with E-state index in [1.165, 1.54) is 13.1 Å². The summed E-state index contributed by atoms with van der Waals surface area (Å²) in [4.78, 5) is 36.5. The largest absolute Gasteiger partial charge is 0.363 e. The normalized spacial score (nSPS) is 10.4. The maximum Gasteiger partial charge on any atom is 0.289 e. The molecule has 0 aliphatic carbocycles. The highest BCUT2D eigenvalue weighted by molar-refractivity contribution is 6.44. The van der Waals surface area contributed by atoms with Crippen molar-refractivity contribution in [3.63, 3.8) is 0 Å². The van der Waals surface area contributed by atoms with E-state index >= 15 is 0 Å². The van der Waals surface area contributed by atoms with E-state index in [2.05, 4.69) is 4.98 Å². The lowest BCUT2D eigenvalue weighted by Gasteiger charge is -1.98. The van der Waals surface area contributed by atoms with Crippen LogP contribution in [0.15, 0.2) is 24.4 Å². The number of carbonyl (C=O) groups is 3. The number of nitrogens with one attached hydrogen (secondary N) is 1. The van der Waals surface area contributed by atoms with Gasteiger partial charge in [0.15, 0.2) is 5.78 Å². The van der Waals surface area contributed by atoms with Crippen LogP contribution >= 0.6 is 0 Å². The Morgan fingerprint density at radius 2 is 1.94 bits per heavy atom. The minimum absolute atomic E-state index is 0.106. The Hall–Kier alpha value is -2.43. The van der Waals surface area contributed by atoms with E-state index in [9.17, 15) is 14.4 Å². The molecule has 0 saturated carbocycles. The van der Waals surface area contributed by atoms with Crippen LogP contribution in [0.5, 0.6) is 0 Å². The third-order valence-electron chi connectivity index (χ3n) is 2.56. The molecule has 0 bridgehead atoms. The fourth-order valence-electron chi connectivity index (χ4n) is 1.66. The zero-order valence-corrected chi connectivity index (χ0v) is 9.11. The SMILES string of the molecule is CC(=O)c1ccc2[nH]cc(C(=O)C(N)=O)c2c1. The fraction of sp³-hybridized carbons (Fsp3) is 0.0833. The summed E-state index contributed by atoms with van der Waals surface area (Å²) in [5.74, 6) is -1.89. The summed E-state index contributed by atoms with van der Waals surface area (Å²) < 4.78 is 0. The van der Waals surface area contributed by atoms with Gasteiger partial charge in [0.05, 0.1) is 5.56 Å². The van der Waals surface area contributed by atoms with Crippen molar-refractivity contribution in [2.45, 2.75) is 6.92 Å². The number of nitrogens with two attached hydrogens (primary N) is 1. The van der Waals surface area contributed by atoms with Crippen LogP contribution in [0.4, 0.5) is 0 Å². The maximum absolute atomic E-state index is 11.5. The molecular formula is C12H10N2O3. The Balaban J connectivity index is 2.66. The van der Waals surface area contributed by atoms with Crippen molar-refractivity contribution in [1.29, 1.82) is 0 Å². The monoisotopic (exact) mass is 230 g/mol. The second kappa shape index (κ2) is 3.86. The van der Waals surface area contributed by atoms with Crippen molar-refractivity contribution in [1.82, 2.24) is 4.98 Å². The van der Waals surface area contributed by atoms with Crippen LogP contribution < -0.4 is 5.73 Å². The molecule has 0 saturated heterocycles. The Bertz CT molecular complexity index is 640. The summed E-state index contributed by atoms with van der Waals surface area (Å²) in [6, 6.07) is 4.91. The molecule has 2 aromatic rings. The lowest BCUT2D eigenvalue weighted by molar-refractivity contribution is -0.114. The van der Waals surface area contributed by atoms with E-state index in [1.807, 2.05) is 0 Å². The molecule has 1 amide bonds. The third kappa shape index (κ3) is 1.82. The Labute approximate surface area is 96.6 Å². The molecule has 0 aliphatic heterocycles. The molecule has 2 rings (SSSR count). The molecule has 1 aromatic carbocycles. The van der Waals surface area contributed by atoms with Crippen LogP contribution in [0, 0.1) is 0 Å². The zero-order chi connectivity index (χ0) is 12.6. The number of aromatic amines is 1. The van der Waals surface area contributed by atoms with Crippen LogP contribution in [0.3, 0.4) is 0 Å². The number of rotatable bonds is 3. The molecule has 17 heavy (non-hydrogen) atoms. The van der Waals surface area contributed by atoms with Crippen LogP contribution in [-0.4, -0.2) is 22.5 Å². The first-order valence-electron chi connectivity index (χ1n) is 4.97. The first-order valence-corrected chi connectivity index (χ1v) is 4.97. The Kier molecular flexibility index (Phi) is 2.51. The number of hydrogen-bond acceptors (Lipinski definition) is 3. The van der Waals surface area contributed by atoms with E-state index < -0.39 is 11.7 Å². The van der Waals surface area contributed by atoms with Gasteiger partial charge in [0.2, 0.25) is 0 Å². The van der Waals surface area contributed by atoms with Gasteiger partial charge in [-0.15, -0.1) is 0 Å². The quantitative estimate of drug-likeness (QED) is 0.609. The number of benzene rings is 1. The van der Waals surface area contributed by atoms with Crippen LogP contribution in [0.2, 0.25) is 0 Å². The molecule has 1 heterocycles. The van der Waals surface area contributed by atoms with Gasteiger partial charge >= 0.3 is 0 Å². The average Bonchev–Trinajstić information content (AvgIpc) is 2.70. The van der Waals surface area contributed by atoms with Crippen molar-refractivity contribution in [2.75, 3.05) is 0 Å². The summed E-state index contributed by atoms with van der Waals surface area (Å²) in [6.07, 6.45) is 1.42. The van der Waals surface area contributed by atoms with Crippen molar-refractivity contribution >= 4 is 28.4 Å². The Morgan fingerprint density at radius 1 is 1.24 bits per heavy atom. The smallest absolute Gasteiger partial charge is 0.289 e. The standard InChI is InChI=1S/C12H10N2O3/c1-6(15)7-2-3-10-8(4-7)9(5-14-10)11(16)12(13)17/h2-5,14H,1H3,(H2,13,17). The van der Waals surface area contributed by atoms with E-state index in [0.717, 1.165) is 0 Å².